The Bertz CT molecular complexity index is 3280. The summed E-state index contributed by atoms with van der Waals surface area (Å²) in [6.45, 7) is 11.8. The van der Waals surface area contributed by atoms with Gasteiger partial charge in [0.2, 0.25) is 0 Å². The van der Waals surface area contributed by atoms with E-state index in [1.54, 1.807) is 0 Å². The molecule has 0 bridgehead atoms. The summed E-state index contributed by atoms with van der Waals surface area (Å²) in [5.74, 6) is 0.347. The van der Waals surface area contributed by atoms with E-state index in [1.165, 1.54) is 101 Å². The first-order chi connectivity index (χ1) is 32.2. The zero-order chi connectivity index (χ0) is 45.0. The number of allylic oxidation sites excluding steroid dienone is 4. The lowest BCUT2D eigenvalue weighted by molar-refractivity contribution is 0.525. The van der Waals surface area contributed by atoms with E-state index in [2.05, 4.69) is 262 Å². The van der Waals surface area contributed by atoms with Crippen LogP contribution in [0.4, 0.5) is 0 Å². The van der Waals surface area contributed by atoms with Crippen molar-refractivity contribution in [2.45, 2.75) is 64.2 Å². The molecular formula is C64H56N2. The van der Waals surface area contributed by atoms with Crippen LogP contribution >= 0.6 is 0 Å². The second-order valence-corrected chi connectivity index (χ2v) is 19.4. The topological polar surface area (TPSA) is 9.86 Å². The Labute approximate surface area is 390 Å². The Morgan fingerprint density at radius 2 is 0.970 bits per heavy atom. The summed E-state index contributed by atoms with van der Waals surface area (Å²) in [5.41, 5.74) is 22.6. The van der Waals surface area contributed by atoms with Crippen LogP contribution in [0.1, 0.15) is 75.6 Å². The van der Waals surface area contributed by atoms with Crippen LogP contribution in [0.3, 0.4) is 0 Å². The number of hydrogen-bond donors (Lipinski definition) is 0. The highest BCUT2D eigenvalue weighted by Gasteiger charge is 2.35. The predicted octanol–water partition coefficient (Wildman–Crippen LogP) is 17.2. The molecule has 1 unspecified atom stereocenters. The van der Waals surface area contributed by atoms with E-state index in [0.717, 1.165) is 12.8 Å². The van der Waals surface area contributed by atoms with E-state index in [9.17, 15) is 0 Å². The molecule has 0 spiro atoms. The number of hydrogen-bond acceptors (Lipinski definition) is 0. The lowest BCUT2D eigenvalue weighted by Gasteiger charge is -2.28. The second-order valence-electron chi connectivity index (χ2n) is 19.4. The quantitative estimate of drug-likeness (QED) is 0.144. The van der Waals surface area contributed by atoms with Crippen molar-refractivity contribution in [3.05, 3.63) is 241 Å². The van der Waals surface area contributed by atoms with Crippen LogP contribution < -0.4 is 0 Å². The van der Waals surface area contributed by atoms with E-state index in [0.29, 0.717) is 5.92 Å². The van der Waals surface area contributed by atoms with Gasteiger partial charge in [0, 0.05) is 46.2 Å². The lowest BCUT2D eigenvalue weighted by Crippen LogP contribution is -2.19. The molecule has 2 nitrogen and oxygen atoms in total. The Hall–Kier alpha value is -7.42. The third-order valence-electron chi connectivity index (χ3n) is 14.6. The van der Waals surface area contributed by atoms with E-state index in [-0.39, 0.29) is 10.8 Å². The van der Waals surface area contributed by atoms with Crippen molar-refractivity contribution in [1.82, 2.24) is 9.13 Å². The number of benzene rings is 7. The molecule has 9 aromatic rings. The fourth-order valence-corrected chi connectivity index (χ4v) is 10.9. The highest BCUT2D eigenvalue weighted by atomic mass is 15.0. The molecule has 7 aromatic carbocycles. The van der Waals surface area contributed by atoms with Gasteiger partial charge in [0.25, 0.3) is 0 Å². The maximum Gasteiger partial charge on any atom is 0.0606 e. The summed E-state index contributed by atoms with van der Waals surface area (Å²) in [6, 6.07) is 69.5. The molecule has 2 heterocycles. The maximum absolute atomic E-state index is 2.45. The van der Waals surface area contributed by atoms with Gasteiger partial charge in [-0.25, -0.2) is 0 Å². The van der Waals surface area contributed by atoms with Crippen LogP contribution in [0.2, 0.25) is 0 Å². The predicted molar refractivity (Wildman–Crippen MR) is 279 cm³/mol. The van der Waals surface area contributed by atoms with Crippen LogP contribution in [0.5, 0.6) is 0 Å². The van der Waals surface area contributed by atoms with Crippen LogP contribution in [0.15, 0.2) is 219 Å². The summed E-state index contributed by atoms with van der Waals surface area (Å²) < 4.78 is 4.80. The van der Waals surface area contributed by atoms with Gasteiger partial charge in [-0.1, -0.05) is 211 Å². The average Bonchev–Trinajstić information content (AvgIpc) is 4.07. The molecule has 322 valence electrons. The van der Waals surface area contributed by atoms with Crippen LogP contribution in [0.25, 0.3) is 78.4 Å². The SMILES string of the molecule is CCC1/C=C\C(n2ccc(-c3ccccc3)c2-c2ccc(-c3ccc(-c4c(-c5ccccc5)ccn4-c4ccc5c(c4)C(C)(C)c4ccccc4-5)cc3)cc2)=C/CC(C)(C)c2ccccc21. The molecule has 2 heteroatoms. The first-order valence-electron chi connectivity index (χ1n) is 23.7. The molecule has 0 fully saturated rings. The molecule has 0 amide bonds. The normalized spacial score (nSPS) is 17.0. The zero-order valence-electron chi connectivity index (χ0n) is 38.7. The third kappa shape index (κ3) is 7.13. The van der Waals surface area contributed by atoms with Crippen LogP contribution in [-0.4, -0.2) is 9.13 Å². The molecule has 2 aromatic heterocycles. The van der Waals surface area contributed by atoms with E-state index < -0.39 is 0 Å². The van der Waals surface area contributed by atoms with Crippen molar-refractivity contribution in [3.8, 4) is 72.7 Å². The van der Waals surface area contributed by atoms with Crippen molar-refractivity contribution in [1.29, 1.82) is 0 Å². The van der Waals surface area contributed by atoms with Gasteiger partial charge in [-0.2, -0.15) is 0 Å². The molecule has 2 aliphatic carbocycles. The number of fused-ring (bicyclic) bond motifs is 4. The highest BCUT2D eigenvalue weighted by Crippen LogP contribution is 2.50. The molecule has 0 saturated carbocycles. The average molecular weight is 853 g/mol. The Balaban J connectivity index is 0.955. The standard InChI is InChI=1S/C64H56N2/c1-6-44-33-34-51(37-40-63(2,3)58-23-15-13-21-53(44)58)65-41-38-54(47-17-9-7-10-18-47)61(65)49-29-25-45(26-30-49)46-27-31-50(32-28-46)62-55(48-19-11-8-12-20-48)39-42-66(62)52-35-36-57-56-22-14-16-24-59(56)64(4,5)60(57)43-52/h7-39,41-44H,6,40H2,1-5H3/b34-33-,51-37+. The summed E-state index contributed by atoms with van der Waals surface area (Å²) >= 11 is 0. The van der Waals surface area contributed by atoms with E-state index >= 15 is 0 Å². The van der Waals surface area contributed by atoms with Gasteiger partial charge < -0.3 is 9.13 Å². The lowest BCUT2D eigenvalue weighted by atomic mass is 9.76. The Morgan fingerprint density at radius 1 is 0.455 bits per heavy atom. The Morgan fingerprint density at radius 3 is 1.59 bits per heavy atom. The minimum absolute atomic E-state index is 0.00767. The minimum Gasteiger partial charge on any atom is -0.316 e. The fourth-order valence-electron chi connectivity index (χ4n) is 10.9. The smallest absolute Gasteiger partial charge is 0.0606 e. The van der Waals surface area contributed by atoms with Gasteiger partial charge in [-0.3, -0.25) is 0 Å². The van der Waals surface area contributed by atoms with Gasteiger partial charge in [-0.05, 0) is 115 Å². The summed E-state index contributed by atoms with van der Waals surface area (Å²) in [7, 11) is 0. The molecule has 11 rings (SSSR count). The largest absolute Gasteiger partial charge is 0.316 e. The zero-order valence-corrected chi connectivity index (χ0v) is 38.7. The van der Waals surface area contributed by atoms with Crippen molar-refractivity contribution in [2.75, 3.05) is 0 Å². The van der Waals surface area contributed by atoms with Crippen molar-refractivity contribution < 1.29 is 0 Å². The molecule has 0 saturated heterocycles. The molecule has 0 aliphatic heterocycles. The minimum atomic E-state index is -0.0773. The van der Waals surface area contributed by atoms with Gasteiger partial charge in [0.1, 0.15) is 0 Å². The monoisotopic (exact) mass is 852 g/mol. The molecular weight excluding hydrogens is 797 g/mol. The Kier molecular flexibility index (Phi) is 10.3. The van der Waals surface area contributed by atoms with Crippen molar-refractivity contribution in [3.63, 3.8) is 0 Å². The van der Waals surface area contributed by atoms with Gasteiger partial charge in [0.15, 0.2) is 0 Å². The van der Waals surface area contributed by atoms with Gasteiger partial charge in [0.05, 0.1) is 11.4 Å². The number of aromatic nitrogens is 2. The summed E-state index contributed by atoms with van der Waals surface area (Å²) in [5, 5.41) is 0. The van der Waals surface area contributed by atoms with Crippen LogP contribution in [0, 0.1) is 0 Å². The first kappa shape index (κ1) is 41.3. The second kappa shape index (κ2) is 16.5. The maximum atomic E-state index is 2.45. The first-order valence-corrected chi connectivity index (χ1v) is 23.7. The van der Waals surface area contributed by atoms with Crippen molar-refractivity contribution in [2.24, 2.45) is 0 Å². The van der Waals surface area contributed by atoms with E-state index in [1.807, 2.05) is 0 Å². The number of nitrogens with zero attached hydrogens (tertiary/aromatic N) is 2. The van der Waals surface area contributed by atoms with Gasteiger partial charge in [-0.15, -0.1) is 0 Å². The summed E-state index contributed by atoms with van der Waals surface area (Å²) in [6.07, 6.45) is 13.7. The van der Waals surface area contributed by atoms with Crippen LogP contribution in [-0.2, 0) is 10.8 Å². The van der Waals surface area contributed by atoms with Gasteiger partial charge >= 0.3 is 0 Å². The van der Waals surface area contributed by atoms with E-state index in [4.69, 9.17) is 0 Å². The molecule has 0 N–H and O–H groups in total. The molecule has 66 heavy (non-hydrogen) atoms. The van der Waals surface area contributed by atoms with Crippen molar-refractivity contribution >= 4 is 5.70 Å². The summed E-state index contributed by atoms with van der Waals surface area (Å²) in [4.78, 5) is 0. The molecule has 1 atom stereocenters. The highest BCUT2D eigenvalue weighted by molar-refractivity contribution is 5.88. The number of rotatable bonds is 8. The fraction of sp³-hybridized carbons (Fsp3) is 0.156. The third-order valence-corrected chi connectivity index (χ3v) is 14.6. The molecule has 0 radical (unpaired) electrons. The molecule has 2 aliphatic rings.